The van der Waals surface area contributed by atoms with Crippen LogP contribution in [0.5, 0.6) is 0 Å². The summed E-state index contributed by atoms with van der Waals surface area (Å²) in [4.78, 5) is 11.7. The molecule has 1 saturated heterocycles. The lowest BCUT2D eigenvalue weighted by Gasteiger charge is -2.07. The van der Waals surface area contributed by atoms with Crippen LogP contribution in [0.2, 0.25) is 0 Å². The van der Waals surface area contributed by atoms with Crippen LogP contribution in [-0.2, 0) is 11.3 Å². The normalized spacial score (nSPS) is 19.0. The molecule has 0 aliphatic carbocycles. The third kappa shape index (κ3) is 4.59. The van der Waals surface area contributed by atoms with Gasteiger partial charge < -0.3 is 10.6 Å². The van der Waals surface area contributed by atoms with Crippen LogP contribution in [0.15, 0.2) is 12.4 Å². The molecular weight excluding hydrogens is 254 g/mol. The molecule has 0 saturated carbocycles. The predicted octanol–water partition coefficient (Wildman–Crippen LogP) is 1.48. The van der Waals surface area contributed by atoms with Crippen molar-refractivity contribution in [3.8, 4) is 0 Å². The quantitative estimate of drug-likeness (QED) is 0.824. The summed E-state index contributed by atoms with van der Waals surface area (Å²) >= 11 is 0. The summed E-state index contributed by atoms with van der Waals surface area (Å²) in [7, 11) is 0. The highest BCUT2D eigenvalue weighted by Crippen LogP contribution is 2.15. The molecule has 1 aliphatic heterocycles. The van der Waals surface area contributed by atoms with Crippen LogP contribution in [0.3, 0.4) is 0 Å². The number of halogens is 2. The Bertz CT molecular complexity index is 416. The molecule has 0 aromatic carbocycles. The lowest BCUT2D eigenvalue weighted by Crippen LogP contribution is -2.14. The molecular formula is C12H18F2N4O. The molecule has 2 heterocycles. The SMILES string of the molecule is O=C(CCC1CCNC1)Nc1cnn(CC(F)F)c1. The van der Waals surface area contributed by atoms with E-state index < -0.39 is 13.0 Å². The first-order chi connectivity index (χ1) is 9.13. The lowest BCUT2D eigenvalue weighted by atomic mass is 10.0. The van der Waals surface area contributed by atoms with Gasteiger partial charge in [-0.3, -0.25) is 9.48 Å². The van der Waals surface area contributed by atoms with E-state index in [1.165, 1.54) is 12.4 Å². The number of carbonyl (C=O) groups excluding carboxylic acids is 1. The molecule has 1 aromatic rings. The third-order valence-corrected chi connectivity index (χ3v) is 3.18. The van der Waals surface area contributed by atoms with Crippen LogP contribution in [-0.4, -0.2) is 35.2 Å². The molecule has 5 nitrogen and oxygen atoms in total. The number of anilines is 1. The van der Waals surface area contributed by atoms with Crippen LogP contribution in [0.4, 0.5) is 14.5 Å². The molecule has 1 fully saturated rings. The van der Waals surface area contributed by atoms with E-state index in [9.17, 15) is 13.6 Å². The Labute approximate surface area is 110 Å². The Hall–Kier alpha value is -1.50. The molecule has 19 heavy (non-hydrogen) atoms. The maximum Gasteiger partial charge on any atom is 0.257 e. The number of hydrogen-bond donors (Lipinski definition) is 2. The van der Waals surface area contributed by atoms with Crippen molar-refractivity contribution in [3.63, 3.8) is 0 Å². The topological polar surface area (TPSA) is 59.0 Å². The average molecular weight is 272 g/mol. The maximum atomic E-state index is 12.1. The largest absolute Gasteiger partial charge is 0.323 e. The van der Waals surface area contributed by atoms with E-state index in [1.807, 2.05) is 0 Å². The van der Waals surface area contributed by atoms with Crippen LogP contribution in [0.25, 0.3) is 0 Å². The van der Waals surface area contributed by atoms with Crippen molar-refractivity contribution in [1.82, 2.24) is 15.1 Å². The van der Waals surface area contributed by atoms with E-state index in [4.69, 9.17) is 0 Å². The fourth-order valence-corrected chi connectivity index (χ4v) is 2.19. The summed E-state index contributed by atoms with van der Waals surface area (Å²) in [5.41, 5.74) is 0.468. The van der Waals surface area contributed by atoms with Gasteiger partial charge in [-0.25, -0.2) is 8.78 Å². The molecule has 0 radical (unpaired) electrons. The van der Waals surface area contributed by atoms with Crippen molar-refractivity contribution in [2.24, 2.45) is 5.92 Å². The van der Waals surface area contributed by atoms with Crippen molar-refractivity contribution in [1.29, 1.82) is 0 Å². The molecule has 1 amide bonds. The number of aromatic nitrogens is 2. The number of amides is 1. The number of nitrogens with zero attached hydrogens (tertiary/aromatic N) is 2. The van der Waals surface area contributed by atoms with Crippen LogP contribution in [0.1, 0.15) is 19.3 Å². The van der Waals surface area contributed by atoms with Gasteiger partial charge in [0.2, 0.25) is 5.91 Å². The molecule has 0 bridgehead atoms. The summed E-state index contributed by atoms with van der Waals surface area (Å²) in [6.07, 6.45) is 2.77. The van der Waals surface area contributed by atoms with Gasteiger partial charge >= 0.3 is 0 Å². The van der Waals surface area contributed by atoms with Crippen LogP contribution < -0.4 is 10.6 Å². The second-order valence-corrected chi connectivity index (χ2v) is 4.79. The van der Waals surface area contributed by atoms with Crippen molar-refractivity contribution in [2.75, 3.05) is 18.4 Å². The van der Waals surface area contributed by atoms with Gasteiger partial charge in [0.25, 0.3) is 6.43 Å². The highest BCUT2D eigenvalue weighted by Gasteiger charge is 2.16. The molecule has 0 spiro atoms. The minimum Gasteiger partial charge on any atom is -0.323 e. The summed E-state index contributed by atoms with van der Waals surface area (Å²) < 4.78 is 25.4. The Kier molecular flexibility index (Phi) is 4.84. The van der Waals surface area contributed by atoms with Gasteiger partial charge in [0, 0.05) is 12.6 Å². The maximum absolute atomic E-state index is 12.1. The first kappa shape index (κ1) is 13.9. The molecule has 2 rings (SSSR count). The van der Waals surface area contributed by atoms with Gasteiger partial charge in [-0.1, -0.05) is 0 Å². The van der Waals surface area contributed by atoms with Crippen molar-refractivity contribution in [3.05, 3.63) is 12.4 Å². The fourth-order valence-electron chi connectivity index (χ4n) is 2.19. The molecule has 2 N–H and O–H groups in total. The van der Waals surface area contributed by atoms with E-state index in [-0.39, 0.29) is 5.91 Å². The van der Waals surface area contributed by atoms with E-state index in [1.54, 1.807) is 0 Å². The lowest BCUT2D eigenvalue weighted by molar-refractivity contribution is -0.116. The third-order valence-electron chi connectivity index (χ3n) is 3.18. The minimum atomic E-state index is -2.45. The van der Waals surface area contributed by atoms with Gasteiger partial charge in [0.1, 0.15) is 6.54 Å². The molecule has 106 valence electrons. The van der Waals surface area contributed by atoms with Gasteiger partial charge in [-0.2, -0.15) is 5.10 Å². The van der Waals surface area contributed by atoms with Gasteiger partial charge in [0.05, 0.1) is 11.9 Å². The van der Waals surface area contributed by atoms with Crippen LogP contribution in [0, 0.1) is 5.92 Å². The number of nitrogens with one attached hydrogen (secondary N) is 2. The number of carbonyl (C=O) groups is 1. The first-order valence-corrected chi connectivity index (χ1v) is 6.44. The molecule has 7 heteroatoms. The Morgan fingerprint density at radius 1 is 1.63 bits per heavy atom. The van der Waals surface area contributed by atoms with Crippen molar-refractivity contribution < 1.29 is 13.6 Å². The zero-order chi connectivity index (χ0) is 13.7. The number of alkyl halides is 2. The highest BCUT2D eigenvalue weighted by atomic mass is 19.3. The first-order valence-electron chi connectivity index (χ1n) is 6.44. The zero-order valence-corrected chi connectivity index (χ0v) is 10.6. The Morgan fingerprint density at radius 2 is 2.47 bits per heavy atom. The number of rotatable bonds is 6. The second-order valence-electron chi connectivity index (χ2n) is 4.79. The summed E-state index contributed by atoms with van der Waals surface area (Å²) in [5.74, 6) is 0.468. The Morgan fingerprint density at radius 3 is 3.16 bits per heavy atom. The molecule has 1 atom stereocenters. The second kappa shape index (κ2) is 6.60. The average Bonchev–Trinajstić information content (AvgIpc) is 2.97. The van der Waals surface area contributed by atoms with E-state index in [2.05, 4.69) is 15.7 Å². The Balaban J connectivity index is 1.73. The summed E-state index contributed by atoms with van der Waals surface area (Å²) in [6, 6.07) is 0. The number of hydrogen-bond acceptors (Lipinski definition) is 3. The molecule has 1 unspecified atom stereocenters. The predicted molar refractivity (Wildman–Crippen MR) is 67.1 cm³/mol. The smallest absolute Gasteiger partial charge is 0.257 e. The summed E-state index contributed by atoms with van der Waals surface area (Å²) in [6.45, 7) is 1.54. The molecule has 1 aromatic heterocycles. The monoisotopic (exact) mass is 272 g/mol. The molecule has 1 aliphatic rings. The van der Waals surface area contributed by atoms with E-state index in [0.29, 0.717) is 18.0 Å². The minimum absolute atomic E-state index is 0.0940. The standard InChI is InChI=1S/C12H18F2N4O/c13-11(14)8-18-7-10(6-16-18)17-12(19)2-1-9-3-4-15-5-9/h6-7,9,11,15H,1-5,8H2,(H,17,19). The fraction of sp³-hybridized carbons (Fsp3) is 0.667. The summed E-state index contributed by atoms with van der Waals surface area (Å²) in [5, 5.41) is 9.68. The van der Waals surface area contributed by atoms with Gasteiger partial charge in [-0.15, -0.1) is 0 Å². The van der Waals surface area contributed by atoms with E-state index >= 15 is 0 Å². The van der Waals surface area contributed by atoms with Gasteiger partial charge in [-0.05, 0) is 31.8 Å². The van der Waals surface area contributed by atoms with Gasteiger partial charge in [0.15, 0.2) is 0 Å². The zero-order valence-electron chi connectivity index (χ0n) is 10.6. The van der Waals surface area contributed by atoms with Crippen molar-refractivity contribution >= 4 is 11.6 Å². The van der Waals surface area contributed by atoms with E-state index in [0.717, 1.165) is 30.6 Å². The highest BCUT2D eigenvalue weighted by molar-refractivity contribution is 5.90. The van der Waals surface area contributed by atoms with Crippen LogP contribution >= 0.6 is 0 Å². The van der Waals surface area contributed by atoms with Crippen molar-refractivity contribution in [2.45, 2.75) is 32.2 Å².